The fourth-order valence-corrected chi connectivity index (χ4v) is 5.67. The average molecular weight is 449 g/mol. The molecule has 1 saturated heterocycles. The number of piperidine rings is 1. The van der Waals surface area contributed by atoms with Gasteiger partial charge in [-0.15, -0.1) is 0 Å². The lowest BCUT2D eigenvalue weighted by atomic mass is 9.73. The van der Waals surface area contributed by atoms with E-state index in [2.05, 4.69) is 29.2 Å². The third kappa shape index (κ3) is 3.40. The predicted octanol–water partition coefficient (Wildman–Crippen LogP) is 4.75. The number of benzene rings is 2. The van der Waals surface area contributed by atoms with E-state index in [1.54, 1.807) is 0 Å². The van der Waals surface area contributed by atoms with Crippen molar-refractivity contribution >= 4 is 17.4 Å². The molecule has 1 aliphatic carbocycles. The first-order valence-electron chi connectivity index (χ1n) is 11.3. The second kappa shape index (κ2) is 8.14. The van der Waals surface area contributed by atoms with Gasteiger partial charge in [0.25, 0.3) is 0 Å². The second-order valence-corrected chi connectivity index (χ2v) is 9.60. The quantitative estimate of drug-likeness (QED) is 0.604. The Kier molecular flexibility index (Phi) is 5.44. The molecule has 1 spiro atoms. The van der Waals surface area contributed by atoms with E-state index in [9.17, 15) is 5.11 Å². The highest BCUT2D eigenvalue weighted by Gasteiger charge is 2.46. The average Bonchev–Trinajstić information content (AvgIpc) is 3.07. The van der Waals surface area contributed by atoms with Crippen LogP contribution in [0.1, 0.15) is 47.0 Å². The summed E-state index contributed by atoms with van der Waals surface area (Å²) in [6, 6.07) is 14.6. The van der Waals surface area contributed by atoms with Crippen molar-refractivity contribution in [2.75, 3.05) is 18.0 Å². The van der Waals surface area contributed by atoms with Crippen LogP contribution in [0, 0.1) is 19.3 Å². The summed E-state index contributed by atoms with van der Waals surface area (Å²) in [5, 5.41) is 10.8. The number of nitrogens with zero attached hydrogens (tertiary/aromatic N) is 3. The zero-order valence-electron chi connectivity index (χ0n) is 18.6. The smallest absolute Gasteiger partial charge is 0.153 e. The van der Waals surface area contributed by atoms with Crippen molar-refractivity contribution in [2.45, 2.75) is 45.8 Å². The van der Waals surface area contributed by atoms with Gasteiger partial charge in [-0.3, -0.25) is 0 Å². The van der Waals surface area contributed by atoms with E-state index >= 15 is 0 Å². The molecule has 2 aliphatic rings. The van der Waals surface area contributed by atoms with Crippen LogP contribution in [0.4, 0.5) is 5.82 Å². The molecule has 5 nitrogen and oxygen atoms in total. The van der Waals surface area contributed by atoms with Gasteiger partial charge in [-0.1, -0.05) is 54.1 Å². The first-order chi connectivity index (χ1) is 15.4. The van der Waals surface area contributed by atoms with Crippen LogP contribution in [0.5, 0.6) is 0 Å². The monoisotopic (exact) mass is 448 g/mol. The van der Waals surface area contributed by atoms with Gasteiger partial charge in [0.2, 0.25) is 0 Å². The molecule has 32 heavy (non-hydrogen) atoms. The second-order valence-electron chi connectivity index (χ2n) is 9.23. The molecule has 0 radical (unpaired) electrons. The molecule has 0 amide bonds. The van der Waals surface area contributed by atoms with E-state index in [1.165, 1.54) is 11.1 Å². The zero-order chi connectivity index (χ0) is 22.5. The van der Waals surface area contributed by atoms with Gasteiger partial charge in [-0.2, -0.15) is 0 Å². The number of fused-ring (bicyclic) bond motifs is 1. The maximum absolute atomic E-state index is 10.1. The molecule has 2 heterocycles. The standard InChI is InChI=1S/C26H29ClN4O/c1-16-6-5-9-20(22(16)27)23-17(2)29-25(21(15-32)30-23)31-12-10-26(11-13-31)14-18-7-3-4-8-19(18)24(26)28/h3-9,24,32H,10-15,28H2,1-2H3/t24-/m1/s1. The van der Waals surface area contributed by atoms with E-state index in [1.807, 2.05) is 32.0 Å². The Morgan fingerprint density at radius 1 is 1.09 bits per heavy atom. The summed E-state index contributed by atoms with van der Waals surface area (Å²) >= 11 is 6.55. The van der Waals surface area contributed by atoms with Crippen LogP contribution in [-0.4, -0.2) is 28.2 Å². The van der Waals surface area contributed by atoms with Crippen molar-refractivity contribution in [3.63, 3.8) is 0 Å². The van der Waals surface area contributed by atoms with Crippen LogP contribution < -0.4 is 10.6 Å². The van der Waals surface area contributed by atoms with Gasteiger partial charge in [0.05, 0.1) is 23.0 Å². The fraction of sp³-hybridized carbons (Fsp3) is 0.385. The maximum atomic E-state index is 10.1. The van der Waals surface area contributed by atoms with Crippen molar-refractivity contribution in [1.29, 1.82) is 0 Å². The number of nitrogens with two attached hydrogens (primary N) is 1. The lowest BCUT2D eigenvalue weighted by molar-refractivity contribution is 0.186. The first-order valence-corrected chi connectivity index (χ1v) is 11.6. The van der Waals surface area contributed by atoms with Crippen molar-refractivity contribution < 1.29 is 5.11 Å². The number of aliphatic hydroxyl groups is 1. The largest absolute Gasteiger partial charge is 0.390 e. The number of hydrogen-bond donors (Lipinski definition) is 2. The lowest BCUT2D eigenvalue weighted by Crippen LogP contribution is -2.45. The van der Waals surface area contributed by atoms with Gasteiger partial charge in [-0.25, -0.2) is 9.97 Å². The highest BCUT2D eigenvalue weighted by Crippen LogP contribution is 2.51. The molecule has 0 bridgehead atoms. The van der Waals surface area contributed by atoms with Crippen molar-refractivity contribution in [1.82, 2.24) is 9.97 Å². The highest BCUT2D eigenvalue weighted by molar-refractivity contribution is 6.34. The first kappa shape index (κ1) is 21.4. The van der Waals surface area contributed by atoms with E-state index < -0.39 is 0 Å². The summed E-state index contributed by atoms with van der Waals surface area (Å²) in [6.45, 7) is 5.48. The number of rotatable bonds is 3. The number of halogens is 1. The Hall–Kier alpha value is -2.47. The minimum atomic E-state index is -0.161. The Balaban J connectivity index is 1.42. The normalized spacial score (nSPS) is 19.4. The SMILES string of the molecule is Cc1cccc(-c2nc(CO)c(N3CCC4(CC3)Cc3ccccc3[C@H]4N)nc2C)c1Cl. The van der Waals surface area contributed by atoms with Crippen LogP contribution in [0.3, 0.4) is 0 Å². The number of aliphatic hydroxyl groups excluding tert-OH is 1. The number of aromatic nitrogens is 2. The van der Waals surface area contributed by atoms with Gasteiger partial charge < -0.3 is 15.7 Å². The van der Waals surface area contributed by atoms with Crippen molar-refractivity contribution in [3.8, 4) is 11.3 Å². The molecule has 166 valence electrons. The number of aryl methyl sites for hydroxylation is 2. The molecule has 0 saturated carbocycles. The maximum Gasteiger partial charge on any atom is 0.153 e. The zero-order valence-corrected chi connectivity index (χ0v) is 19.4. The topological polar surface area (TPSA) is 75.3 Å². The number of anilines is 1. The van der Waals surface area contributed by atoms with E-state index in [-0.39, 0.29) is 18.1 Å². The van der Waals surface area contributed by atoms with Gasteiger partial charge in [0, 0.05) is 24.7 Å². The summed E-state index contributed by atoms with van der Waals surface area (Å²) in [5.74, 6) is 0.774. The lowest BCUT2D eigenvalue weighted by Gasteiger charge is -2.43. The van der Waals surface area contributed by atoms with Crippen LogP contribution >= 0.6 is 11.6 Å². The minimum Gasteiger partial charge on any atom is -0.390 e. The molecule has 5 rings (SSSR count). The molecular formula is C26H29ClN4O. The summed E-state index contributed by atoms with van der Waals surface area (Å²) in [7, 11) is 0. The van der Waals surface area contributed by atoms with Gasteiger partial charge in [-0.05, 0) is 55.2 Å². The van der Waals surface area contributed by atoms with E-state index in [4.69, 9.17) is 27.3 Å². The van der Waals surface area contributed by atoms with E-state index in [0.717, 1.165) is 60.7 Å². The van der Waals surface area contributed by atoms with Gasteiger partial charge in [0.15, 0.2) is 5.82 Å². The molecule has 1 aliphatic heterocycles. The molecule has 3 N–H and O–H groups in total. The summed E-state index contributed by atoms with van der Waals surface area (Å²) in [4.78, 5) is 12.0. The van der Waals surface area contributed by atoms with Crippen molar-refractivity contribution in [2.24, 2.45) is 11.1 Å². The molecular weight excluding hydrogens is 420 g/mol. The van der Waals surface area contributed by atoms with Crippen molar-refractivity contribution in [3.05, 3.63) is 75.6 Å². The molecule has 2 aromatic carbocycles. The highest BCUT2D eigenvalue weighted by atomic mass is 35.5. The van der Waals surface area contributed by atoms with Crippen LogP contribution in [-0.2, 0) is 13.0 Å². The predicted molar refractivity (Wildman–Crippen MR) is 129 cm³/mol. The number of hydrogen-bond acceptors (Lipinski definition) is 5. The molecule has 1 atom stereocenters. The van der Waals surface area contributed by atoms with Crippen LogP contribution in [0.15, 0.2) is 42.5 Å². The molecule has 0 unspecified atom stereocenters. The van der Waals surface area contributed by atoms with Gasteiger partial charge in [0.1, 0.15) is 5.69 Å². The fourth-order valence-electron chi connectivity index (χ4n) is 5.46. The van der Waals surface area contributed by atoms with E-state index in [0.29, 0.717) is 10.7 Å². The van der Waals surface area contributed by atoms with Crippen LogP contribution in [0.25, 0.3) is 11.3 Å². The molecule has 1 aromatic heterocycles. The van der Waals surface area contributed by atoms with Crippen LogP contribution in [0.2, 0.25) is 5.02 Å². The molecule has 6 heteroatoms. The van der Waals surface area contributed by atoms with Gasteiger partial charge >= 0.3 is 0 Å². The Morgan fingerprint density at radius 3 is 2.56 bits per heavy atom. The Bertz CT molecular complexity index is 1170. The molecule has 3 aromatic rings. The third-order valence-corrected chi connectivity index (χ3v) is 7.87. The Morgan fingerprint density at radius 2 is 1.84 bits per heavy atom. The summed E-state index contributed by atoms with van der Waals surface area (Å²) in [5.41, 5.74) is 13.5. The summed E-state index contributed by atoms with van der Waals surface area (Å²) in [6.07, 6.45) is 3.04. The molecule has 1 fully saturated rings. The Labute approximate surface area is 194 Å². The third-order valence-electron chi connectivity index (χ3n) is 7.37. The minimum absolute atomic E-state index is 0.0804. The summed E-state index contributed by atoms with van der Waals surface area (Å²) < 4.78 is 0.